The number of halogens is 1. The van der Waals surface area contributed by atoms with Crippen molar-refractivity contribution in [1.82, 2.24) is 10.2 Å². The zero-order valence-electron chi connectivity index (χ0n) is 23.4. The molecule has 0 bridgehead atoms. The van der Waals surface area contributed by atoms with Crippen molar-refractivity contribution in [2.45, 2.75) is 63.6 Å². The lowest BCUT2D eigenvalue weighted by atomic mass is 10.0. The van der Waals surface area contributed by atoms with Gasteiger partial charge in [0.15, 0.2) is 0 Å². The first-order valence-corrected chi connectivity index (χ1v) is 16.0. The number of hydrogen-bond acceptors (Lipinski definition) is 4. The second-order valence-electron chi connectivity index (χ2n) is 10.6. The highest BCUT2D eigenvalue weighted by atomic mass is 32.2. The van der Waals surface area contributed by atoms with Crippen molar-refractivity contribution < 1.29 is 22.4 Å². The van der Waals surface area contributed by atoms with Crippen LogP contribution < -0.4 is 9.62 Å². The van der Waals surface area contributed by atoms with Gasteiger partial charge in [-0.05, 0) is 43.0 Å². The van der Waals surface area contributed by atoms with E-state index < -0.39 is 21.9 Å². The summed E-state index contributed by atoms with van der Waals surface area (Å²) in [6.07, 6.45) is 5.52. The van der Waals surface area contributed by atoms with Gasteiger partial charge in [-0.3, -0.25) is 13.9 Å². The number of rotatable bonds is 13. The van der Waals surface area contributed by atoms with E-state index in [1.807, 2.05) is 30.3 Å². The van der Waals surface area contributed by atoms with Crippen LogP contribution in [0.3, 0.4) is 0 Å². The van der Waals surface area contributed by atoms with Gasteiger partial charge in [0.2, 0.25) is 21.8 Å². The number of carbonyl (C=O) groups excluding carboxylic acids is 2. The van der Waals surface area contributed by atoms with Crippen LogP contribution in [-0.2, 0) is 32.6 Å². The minimum Gasteiger partial charge on any atom is -0.352 e. The number of anilines is 1. The average molecular weight is 580 g/mol. The highest BCUT2D eigenvalue weighted by molar-refractivity contribution is 7.92. The summed E-state index contributed by atoms with van der Waals surface area (Å²) in [7, 11) is -3.58. The Balaban J connectivity index is 1.59. The van der Waals surface area contributed by atoms with Crippen LogP contribution in [0.15, 0.2) is 84.9 Å². The summed E-state index contributed by atoms with van der Waals surface area (Å²) in [6.45, 7) is 0.0231. The summed E-state index contributed by atoms with van der Waals surface area (Å²) in [4.78, 5) is 29.1. The third-order valence-electron chi connectivity index (χ3n) is 7.47. The molecule has 1 atom stereocenters. The van der Waals surface area contributed by atoms with E-state index in [4.69, 9.17) is 0 Å². The van der Waals surface area contributed by atoms with Crippen LogP contribution in [0.4, 0.5) is 10.1 Å². The number of carbonyl (C=O) groups is 2. The Labute approximate surface area is 242 Å². The number of para-hydroxylation sites is 1. The molecule has 0 spiro atoms. The lowest BCUT2D eigenvalue weighted by Crippen LogP contribution is -2.52. The van der Waals surface area contributed by atoms with E-state index in [1.54, 1.807) is 48.5 Å². The Bertz CT molecular complexity index is 1400. The number of amides is 2. The molecular formula is C32H38FN3O4S. The topological polar surface area (TPSA) is 86.8 Å². The summed E-state index contributed by atoms with van der Waals surface area (Å²) in [6, 6.07) is 23.6. The summed E-state index contributed by atoms with van der Waals surface area (Å²) < 4.78 is 41.1. The zero-order chi connectivity index (χ0) is 29.2. The molecule has 7 nitrogen and oxygen atoms in total. The maximum absolute atomic E-state index is 14.8. The normalized spacial score (nSPS) is 14.4. The lowest BCUT2D eigenvalue weighted by molar-refractivity contribution is -0.141. The van der Waals surface area contributed by atoms with Gasteiger partial charge in [-0.2, -0.15) is 0 Å². The third kappa shape index (κ3) is 8.63. The molecule has 0 radical (unpaired) electrons. The van der Waals surface area contributed by atoms with Crippen molar-refractivity contribution in [1.29, 1.82) is 0 Å². The second kappa shape index (κ2) is 14.3. The van der Waals surface area contributed by atoms with Crippen LogP contribution >= 0.6 is 0 Å². The molecule has 2 amide bonds. The van der Waals surface area contributed by atoms with Crippen LogP contribution in [0.25, 0.3) is 0 Å². The Morgan fingerprint density at radius 1 is 0.927 bits per heavy atom. The Kier molecular flexibility index (Phi) is 10.5. The van der Waals surface area contributed by atoms with Crippen molar-refractivity contribution in [2.75, 3.05) is 17.1 Å². The SMILES string of the molecule is CS(=O)(=O)N(CCCC(=O)N(Cc1ccccc1F)C(Cc1ccccc1)C(=O)NC1CCCC1)c1ccccc1. The van der Waals surface area contributed by atoms with Crippen LogP contribution in [0.1, 0.15) is 49.7 Å². The van der Waals surface area contributed by atoms with E-state index >= 15 is 0 Å². The molecule has 1 aliphatic rings. The van der Waals surface area contributed by atoms with Gasteiger partial charge in [-0.15, -0.1) is 0 Å². The van der Waals surface area contributed by atoms with Gasteiger partial charge in [-0.1, -0.05) is 79.6 Å². The Morgan fingerprint density at radius 3 is 2.17 bits per heavy atom. The van der Waals surface area contributed by atoms with Gasteiger partial charge < -0.3 is 10.2 Å². The lowest BCUT2D eigenvalue weighted by Gasteiger charge is -2.33. The van der Waals surface area contributed by atoms with Crippen molar-refractivity contribution in [3.63, 3.8) is 0 Å². The van der Waals surface area contributed by atoms with Crippen molar-refractivity contribution >= 4 is 27.5 Å². The molecule has 0 aromatic heterocycles. The van der Waals surface area contributed by atoms with Crippen LogP contribution in [0.2, 0.25) is 0 Å². The number of benzene rings is 3. The standard InChI is InChI=1S/C32H38FN3O4S/c1-41(39,40)36(28-18-6-3-7-19-28)22-12-21-31(37)35(24-26-15-8-11-20-29(26)33)30(23-25-13-4-2-5-14-25)32(38)34-27-16-9-10-17-27/h2-8,11,13-15,18-20,27,30H,9-10,12,16-17,21-24H2,1H3,(H,34,38). The summed E-state index contributed by atoms with van der Waals surface area (Å²) in [5, 5.41) is 3.14. The molecule has 1 aliphatic carbocycles. The third-order valence-corrected chi connectivity index (χ3v) is 8.66. The fourth-order valence-electron chi connectivity index (χ4n) is 5.33. The molecule has 0 saturated heterocycles. The highest BCUT2D eigenvalue weighted by Gasteiger charge is 2.32. The Morgan fingerprint density at radius 2 is 1.54 bits per heavy atom. The fourth-order valence-corrected chi connectivity index (χ4v) is 6.30. The van der Waals surface area contributed by atoms with Gasteiger partial charge in [0.25, 0.3) is 0 Å². The maximum atomic E-state index is 14.8. The first-order chi connectivity index (χ1) is 19.7. The number of sulfonamides is 1. The largest absolute Gasteiger partial charge is 0.352 e. The number of nitrogens with one attached hydrogen (secondary N) is 1. The molecule has 0 heterocycles. The van der Waals surface area contributed by atoms with E-state index in [9.17, 15) is 22.4 Å². The quantitative estimate of drug-likeness (QED) is 0.306. The number of nitrogens with zero attached hydrogens (tertiary/aromatic N) is 2. The van der Waals surface area contributed by atoms with Gasteiger partial charge in [0.1, 0.15) is 11.9 Å². The second-order valence-corrected chi connectivity index (χ2v) is 12.5. The van der Waals surface area contributed by atoms with E-state index in [0.29, 0.717) is 11.3 Å². The average Bonchev–Trinajstić information content (AvgIpc) is 3.47. The van der Waals surface area contributed by atoms with Crippen LogP contribution in [0.5, 0.6) is 0 Å². The summed E-state index contributed by atoms with van der Waals surface area (Å²) >= 11 is 0. The maximum Gasteiger partial charge on any atom is 0.243 e. The van der Waals surface area contributed by atoms with Crippen molar-refractivity contribution in [3.8, 4) is 0 Å². The zero-order valence-corrected chi connectivity index (χ0v) is 24.2. The number of hydrogen-bond donors (Lipinski definition) is 1. The predicted molar refractivity (Wildman–Crippen MR) is 159 cm³/mol. The first-order valence-electron chi connectivity index (χ1n) is 14.1. The molecule has 218 valence electrons. The van der Waals surface area contributed by atoms with E-state index in [1.165, 1.54) is 15.3 Å². The van der Waals surface area contributed by atoms with E-state index in [2.05, 4.69) is 5.32 Å². The molecule has 1 fully saturated rings. The van der Waals surface area contributed by atoms with Gasteiger partial charge in [0, 0.05) is 37.5 Å². The molecule has 3 aromatic carbocycles. The summed E-state index contributed by atoms with van der Waals surface area (Å²) in [5.41, 5.74) is 1.72. The highest BCUT2D eigenvalue weighted by Crippen LogP contribution is 2.22. The molecule has 1 saturated carbocycles. The van der Waals surface area contributed by atoms with Crippen molar-refractivity contribution in [3.05, 3.63) is 102 Å². The van der Waals surface area contributed by atoms with Gasteiger partial charge in [-0.25, -0.2) is 12.8 Å². The van der Waals surface area contributed by atoms with E-state index in [-0.39, 0.29) is 50.2 Å². The minimum atomic E-state index is -3.58. The predicted octanol–water partition coefficient (Wildman–Crippen LogP) is 5.07. The monoisotopic (exact) mass is 579 g/mol. The molecule has 0 aliphatic heterocycles. The van der Waals surface area contributed by atoms with Gasteiger partial charge in [0.05, 0.1) is 11.9 Å². The molecule has 41 heavy (non-hydrogen) atoms. The Hall–Kier alpha value is -3.72. The van der Waals surface area contributed by atoms with Gasteiger partial charge >= 0.3 is 0 Å². The minimum absolute atomic E-state index is 0.00466. The van der Waals surface area contributed by atoms with E-state index in [0.717, 1.165) is 37.5 Å². The molecule has 1 N–H and O–H groups in total. The molecular weight excluding hydrogens is 541 g/mol. The molecule has 9 heteroatoms. The molecule has 3 aromatic rings. The molecule has 4 rings (SSSR count). The summed E-state index contributed by atoms with van der Waals surface area (Å²) in [5.74, 6) is -1.04. The van der Waals surface area contributed by atoms with Crippen LogP contribution in [-0.4, -0.2) is 50.0 Å². The van der Waals surface area contributed by atoms with Crippen LogP contribution in [0, 0.1) is 5.82 Å². The first kappa shape index (κ1) is 30.2. The molecule has 1 unspecified atom stereocenters. The van der Waals surface area contributed by atoms with Crippen molar-refractivity contribution in [2.24, 2.45) is 0 Å². The fraction of sp³-hybridized carbons (Fsp3) is 0.375. The smallest absolute Gasteiger partial charge is 0.243 e.